The lowest BCUT2D eigenvalue weighted by molar-refractivity contribution is -0.143. The van der Waals surface area contributed by atoms with Gasteiger partial charge in [-0.3, -0.25) is 0 Å². The molecule has 1 saturated heterocycles. The Kier molecular flexibility index (Phi) is 2.44. The lowest BCUT2D eigenvalue weighted by atomic mass is 10.0. The van der Waals surface area contributed by atoms with E-state index in [2.05, 4.69) is 6.92 Å². The molecule has 1 heterocycles. The maximum atomic E-state index is 5.89. The van der Waals surface area contributed by atoms with Gasteiger partial charge in [0, 0.05) is 11.3 Å². The third kappa shape index (κ3) is 1.98. The second-order valence-corrected chi connectivity index (χ2v) is 4.22. The van der Waals surface area contributed by atoms with E-state index >= 15 is 0 Å². The van der Waals surface area contributed by atoms with E-state index in [-0.39, 0.29) is 12.2 Å². The van der Waals surface area contributed by atoms with Crippen molar-refractivity contribution < 1.29 is 9.47 Å². The van der Waals surface area contributed by atoms with Crippen molar-refractivity contribution in [2.45, 2.75) is 31.8 Å². The van der Waals surface area contributed by atoms with Crippen LogP contribution in [0.5, 0.6) is 0 Å². The Bertz CT molecular complexity index is 362. The van der Waals surface area contributed by atoms with E-state index in [9.17, 15) is 0 Å². The summed E-state index contributed by atoms with van der Waals surface area (Å²) in [6, 6.07) is 7.64. The Morgan fingerprint density at radius 3 is 2.47 bits per heavy atom. The van der Waals surface area contributed by atoms with Gasteiger partial charge in [-0.05, 0) is 26.8 Å². The maximum absolute atomic E-state index is 5.89. The molecule has 0 spiro atoms. The summed E-state index contributed by atoms with van der Waals surface area (Å²) < 4.78 is 11.3. The van der Waals surface area contributed by atoms with E-state index in [1.807, 2.05) is 38.1 Å². The molecule has 0 aliphatic carbocycles. The van der Waals surface area contributed by atoms with Gasteiger partial charge >= 0.3 is 0 Å². The average Bonchev–Trinajstić information content (AvgIpc) is 2.40. The van der Waals surface area contributed by atoms with Crippen molar-refractivity contribution in [3.8, 4) is 0 Å². The molecule has 15 heavy (non-hydrogen) atoms. The standard InChI is InChI=1S/C12H16NO2/c1-8-11(15-12(2,3)14-8)9-6-4-5-7-10(9)13/h4-8,11H,1,13H2,2-3H3. The van der Waals surface area contributed by atoms with Gasteiger partial charge in [-0.15, -0.1) is 0 Å². The van der Waals surface area contributed by atoms with Crippen molar-refractivity contribution >= 4 is 5.69 Å². The molecular weight excluding hydrogens is 190 g/mol. The first kappa shape index (κ1) is 10.5. The highest BCUT2D eigenvalue weighted by Gasteiger charge is 2.40. The largest absolute Gasteiger partial charge is 0.398 e. The monoisotopic (exact) mass is 206 g/mol. The SMILES string of the molecule is [CH2]C1OC(C)(C)OC1c1ccccc1N. The quantitative estimate of drug-likeness (QED) is 0.717. The van der Waals surface area contributed by atoms with Crippen molar-refractivity contribution in [2.75, 3.05) is 5.73 Å². The third-order valence-electron chi connectivity index (χ3n) is 2.49. The Balaban J connectivity index is 2.29. The van der Waals surface area contributed by atoms with Crippen LogP contribution < -0.4 is 5.73 Å². The second-order valence-electron chi connectivity index (χ2n) is 4.22. The number of benzene rings is 1. The summed E-state index contributed by atoms with van der Waals surface area (Å²) in [7, 11) is 0. The zero-order valence-electron chi connectivity index (χ0n) is 9.07. The number of anilines is 1. The van der Waals surface area contributed by atoms with E-state index in [1.54, 1.807) is 0 Å². The first-order chi connectivity index (χ1) is 6.99. The molecule has 0 saturated carbocycles. The maximum Gasteiger partial charge on any atom is 0.164 e. The highest BCUT2D eigenvalue weighted by atomic mass is 16.7. The Morgan fingerprint density at radius 2 is 1.93 bits per heavy atom. The zero-order valence-corrected chi connectivity index (χ0v) is 9.07. The summed E-state index contributed by atoms with van der Waals surface area (Å²) in [6.45, 7) is 7.69. The Morgan fingerprint density at radius 1 is 1.27 bits per heavy atom. The van der Waals surface area contributed by atoms with Gasteiger partial charge in [0.2, 0.25) is 0 Å². The molecule has 0 aromatic heterocycles. The van der Waals surface area contributed by atoms with Gasteiger partial charge in [0.1, 0.15) is 6.10 Å². The molecule has 2 atom stereocenters. The summed E-state index contributed by atoms with van der Waals surface area (Å²) in [6.07, 6.45) is -0.397. The molecule has 0 bridgehead atoms. The van der Waals surface area contributed by atoms with Crippen LogP contribution in [0, 0.1) is 6.92 Å². The molecule has 81 valence electrons. The van der Waals surface area contributed by atoms with E-state index in [1.165, 1.54) is 0 Å². The molecule has 2 unspecified atom stereocenters. The molecular formula is C12H16NO2. The van der Waals surface area contributed by atoms with Crippen LogP contribution in [-0.4, -0.2) is 11.9 Å². The van der Waals surface area contributed by atoms with E-state index in [0.29, 0.717) is 0 Å². The topological polar surface area (TPSA) is 44.5 Å². The van der Waals surface area contributed by atoms with Crippen LogP contribution in [0.3, 0.4) is 0 Å². The molecule has 3 heteroatoms. The molecule has 1 radical (unpaired) electrons. The van der Waals surface area contributed by atoms with Gasteiger partial charge < -0.3 is 15.2 Å². The summed E-state index contributed by atoms with van der Waals surface area (Å²) in [4.78, 5) is 0. The van der Waals surface area contributed by atoms with Gasteiger partial charge in [-0.2, -0.15) is 0 Å². The van der Waals surface area contributed by atoms with Crippen molar-refractivity contribution in [3.63, 3.8) is 0 Å². The molecule has 0 amide bonds. The molecule has 1 fully saturated rings. The summed E-state index contributed by atoms with van der Waals surface area (Å²) >= 11 is 0. The highest BCUT2D eigenvalue weighted by molar-refractivity contribution is 5.48. The van der Waals surface area contributed by atoms with Gasteiger partial charge in [0.25, 0.3) is 0 Å². The van der Waals surface area contributed by atoms with E-state index in [4.69, 9.17) is 15.2 Å². The normalized spacial score (nSPS) is 29.3. The van der Waals surface area contributed by atoms with E-state index in [0.717, 1.165) is 11.3 Å². The van der Waals surface area contributed by atoms with Crippen LogP contribution in [0.25, 0.3) is 0 Å². The van der Waals surface area contributed by atoms with Crippen LogP contribution >= 0.6 is 0 Å². The third-order valence-corrected chi connectivity index (χ3v) is 2.49. The first-order valence-electron chi connectivity index (χ1n) is 5.03. The minimum Gasteiger partial charge on any atom is -0.398 e. The zero-order chi connectivity index (χ0) is 11.1. The molecule has 3 nitrogen and oxygen atoms in total. The van der Waals surface area contributed by atoms with Crippen LogP contribution in [0.2, 0.25) is 0 Å². The average molecular weight is 206 g/mol. The van der Waals surface area contributed by atoms with E-state index < -0.39 is 5.79 Å². The molecule has 1 aliphatic rings. The Hall–Kier alpha value is -1.06. The minimum atomic E-state index is -0.584. The smallest absolute Gasteiger partial charge is 0.164 e. The second kappa shape index (κ2) is 3.51. The van der Waals surface area contributed by atoms with Gasteiger partial charge in [0.05, 0.1) is 6.10 Å². The van der Waals surface area contributed by atoms with Gasteiger partial charge in [-0.25, -0.2) is 0 Å². The number of ether oxygens (including phenoxy) is 2. The van der Waals surface area contributed by atoms with Gasteiger partial charge in [-0.1, -0.05) is 18.2 Å². The Labute approximate surface area is 90.2 Å². The summed E-state index contributed by atoms with van der Waals surface area (Å²) in [5.41, 5.74) is 7.55. The molecule has 1 aliphatic heterocycles. The molecule has 1 aromatic rings. The fourth-order valence-electron chi connectivity index (χ4n) is 1.87. The number of hydrogen-bond acceptors (Lipinski definition) is 3. The highest BCUT2D eigenvalue weighted by Crippen LogP contribution is 2.39. The first-order valence-corrected chi connectivity index (χ1v) is 5.03. The van der Waals surface area contributed by atoms with Gasteiger partial charge in [0.15, 0.2) is 5.79 Å². The number of para-hydroxylation sites is 1. The lowest BCUT2D eigenvalue weighted by Gasteiger charge is -2.17. The number of nitrogen functional groups attached to an aromatic ring is 1. The number of hydrogen-bond donors (Lipinski definition) is 1. The number of rotatable bonds is 1. The van der Waals surface area contributed by atoms with Crippen LogP contribution in [0.1, 0.15) is 25.5 Å². The molecule has 1 aromatic carbocycles. The fourth-order valence-corrected chi connectivity index (χ4v) is 1.87. The minimum absolute atomic E-state index is 0.179. The van der Waals surface area contributed by atoms with Crippen LogP contribution in [0.15, 0.2) is 24.3 Å². The van der Waals surface area contributed by atoms with Crippen molar-refractivity contribution in [1.82, 2.24) is 0 Å². The predicted molar refractivity (Wildman–Crippen MR) is 59.0 cm³/mol. The van der Waals surface area contributed by atoms with Crippen LogP contribution in [0.4, 0.5) is 5.69 Å². The fraction of sp³-hybridized carbons (Fsp3) is 0.417. The number of nitrogens with two attached hydrogens (primary N) is 1. The van der Waals surface area contributed by atoms with Crippen molar-refractivity contribution in [2.24, 2.45) is 0 Å². The predicted octanol–water partition coefficient (Wildman–Crippen LogP) is 2.30. The summed E-state index contributed by atoms with van der Waals surface area (Å²) in [5, 5.41) is 0. The molecule has 2 N–H and O–H groups in total. The van der Waals surface area contributed by atoms with Crippen molar-refractivity contribution in [1.29, 1.82) is 0 Å². The molecule has 2 rings (SSSR count). The van der Waals surface area contributed by atoms with Crippen molar-refractivity contribution in [3.05, 3.63) is 36.8 Å². The lowest BCUT2D eigenvalue weighted by Crippen LogP contribution is -2.20. The van der Waals surface area contributed by atoms with Crippen LogP contribution in [-0.2, 0) is 9.47 Å². The summed E-state index contributed by atoms with van der Waals surface area (Å²) in [5.74, 6) is -0.584.